The van der Waals surface area contributed by atoms with E-state index in [1.54, 1.807) is 30.3 Å². The fourth-order valence-electron chi connectivity index (χ4n) is 1.35. The smallest absolute Gasteiger partial charge is 0.177 e. The lowest BCUT2D eigenvalue weighted by Crippen LogP contribution is -2.19. The fourth-order valence-corrected chi connectivity index (χ4v) is 2.65. The monoisotopic (exact) mass is 251 g/mol. The third kappa shape index (κ3) is 4.79. The molecule has 0 aromatic heterocycles. The molecule has 4 nitrogen and oxygen atoms in total. The lowest BCUT2D eigenvalue weighted by atomic mass is 10.2. The van der Waals surface area contributed by atoms with Gasteiger partial charge in [0.1, 0.15) is 5.75 Å². The number of nitrogens with zero attached hydrogens (tertiary/aromatic N) is 1. The standard InChI is InChI=1S/C12H13NO3S/c13-8-4-5-9-17(15,16)10-12(14)11-6-2-1-3-7-11/h1-3,6-7H,4-5,9-10H2. The Kier molecular flexibility index (Phi) is 4.85. The van der Waals surface area contributed by atoms with Crippen LogP contribution in [0, 0.1) is 11.3 Å². The average Bonchev–Trinajstić information content (AvgIpc) is 2.30. The molecule has 0 amide bonds. The van der Waals surface area contributed by atoms with Crippen LogP contribution in [0.25, 0.3) is 0 Å². The van der Waals surface area contributed by atoms with Crippen molar-refractivity contribution in [3.05, 3.63) is 35.9 Å². The average molecular weight is 251 g/mol. The lowest BCUT2D eigenvalue weighted by Gasteiger charge is -2.02. The molecule has 17 heavy (non-hydrogen) atoms. The minimum Gasteiger partial charge on any atom is -0.293 e. The van der Waals surface area contributed by atoms with E-state index in [0.717, 1.165) is 0 Å². The van der Waals surface area contributed by atoms with Crippen LogP contribution < -0.4 is 0 Å². The van der Waals surface area contributed by atoms with Crippen LogP contribution in [0.1, 0.15) is 23.2 Å². The van der Waals surface area contributed by atoms with Gasteiger partial charge in [-0.1, -0.05) is 30.3 Å². The number of unbranched alkanes of at least 4 members (excludes halogenated alkanes) is 1. The third-order valence-corrected chi connectivity index (χ3v) is 3.80. The number of hydrogen-bond donors (Lipinski definition) is 0. The Balaban J connectivity index is 2.60. The summed E-state index contributed by atoms with van der Waals surface area (Å²) in [6, 6.07) is 10.2. The molecule has 0 unspecified atom stereocenters. The number of carbonyl (C=O) groups is 1. The molecular weight excluding hydrogens is 238 g/mol. The molecule has 0 radical (unpaired) electrons. The molecule has 1 aromatic rings. The van der Waals surface area contributed by atoms with Gasteiger partial charge in [0.25, 0.3) is 0 Å². The van der Waals surface area contributed by atoms with Gasteiger partial charge in [-0.2, -0.15) is 5.26 Å². The van der Waals surface area contributed by atoms with Gasteiger partial charge >= 0.3 is 0 Å². The minimum absolute atomic E-state index is 0.112. The summed E-state index contributed by atoms with van der Waals surface area (Å²) in [4.78, 5) is 11.6. The second-order valence-electron chi connectivity index (χ2n) is 3.64. The van der Waals surface area contributed by atoms with Crippen LogP contribution in [-0.2, 0) is 9.84 Å². The van der Waals surface area contributed by atoms with Crippen molar-refractivity contribution >= 4 is 15.6 Å². The van der Waals surface area contributed by atoms with E-state index in [9.17, 15) is 13.2 Å². The first-order valence-corrected chi connectivity index (χ1v) is 7.03. The highest BCUT2D eigenvalue weighted by Crippen LogP contribution is 2.04. The number of ketones is 1. The number of hydrogen-bond acceptors (Lipinski definition) is 4. The van der Waals surface area contributed by atoms with Gasteiger partial charge in [0, 0.05) is 12.0 Å². The van der Waals surface area contributed by atoms with E-state index in [-0.39, 0.29) is 18.6 Å². The fraction of sp³-hybridized carbons (Fsp3) is 0.333. The van der Waals surface area contributed by atoms with Gasteiger partial charge in [-0.05, 0) is 6.42 Å². The van der Waals surface area contributed by atoms with Crippen LogP contribution in [0.2, 0.25) is 0 Å². The maximum Gasteiger partial charge on any atom is 0.177 e. The first-order valence-electron chi connectivity index (χ1n) is 5.21. The van der Waals surface area contributed by atoms with Crippen LogP contribution in [0.3, 0.4) is 0 Å². The molecule has 90 valence electrons. The Morgan fingerprint density at radius 3 is 2.47 bits per heavy atom. The molecule has 0 aliphatic rings. The number of carbonyl (C=O) groups excluding carboxylic acids is 1. The Bertz CT molecular complexity index is 514. The summed E-state index contributed by atoms with van der Waals surface area (Å²) in [5, 5.41) is 8.31. The predicted octanol–water partition coefficient (Wildman–Crippen LogP) is 1.59. The normalized spacial score (nSPS) is 10.8. The molecular formula is C12H13NO3S. The molecule has 5 heteroatoms. The summed E-state index contributed by atoms with van der Waals surface area (Å²) in [5.41, 5.74) is 0.399. The van der Waals surface area contributed by atoms with Crippen molar-refractivity contribution in [1.82, 2.24) is 0 Å². The van der Waals surface area contributed by atoms with E-state index >= 15 is 0 Å². The molecule has 0 aliphatic heterocycles. The van der Waals surface area contributed by atoms with Crippen molar-refractivity contribution in [2.45, 2.75) is 12.8 Å². The summed E-state index contributed by atoms with van der Waals surface area (Å²) in [5.74, 6) is -0.996. The number of nitriles is 1. The van der Waals surface area contributed by atoms with Gasteiger partial charge in [-0.15, -0.1) is 0 Å². The van der Waals surface area contributed by atoms with Gasteiger partial charge in [0.05, 0.1) is 11.8 Å². The molecule has 0 bridgehead atoms. The number of sulfone groups is 1. The molecule has 0 aliphatic carbocycles. The summed E-state index contributed by atoms with van der Waals surface area (Å²) >= 11 is 0. The van der Waals surface area contributed by atoms with Gasteiger partial charge in [0.15, 0.2) is 15.6 Å². The number of benzene rings is 1. The van der Waals surface area contributed by atoms with E-state index < -0.39 is 21.4 Å². The molecule has 0 heterocycles. The highest BCUT2D eigenvalue weighted by Gasteiger charge is 2.17. The Labute approximate surface area is 101 Å². The summed E-state index contributed by atoms with van der Waals surface area (Å²) in [7, 11) is -3.40. The predicted molar refractivity (Wildman–Crippen MR) is 64.3 cm³/mol. The summed E-state index contributed by atoms with van der Waals surface area (Å²) < 4.78 is 23.1. The SMILES string of the molecule is N#CCCCS(=O)(=O)CC(=O)c1ccccc1. The third-order valence-electron chi connectivity index (χ3n) is 2.19. The van der Waals surface area contributed by atoms with Gasteiger partial charge in [-0.25, -0.2) is 8.42 Å². The molecule has 1 aromatic carbocycles. The van der Waals surface area contributed by atoms with Gasteiger partial charge < -0.3 is 0 Å². The molecule has 0 N–H and O–H groups in total. The van der Waals surface area contributed by atoms with Crippen molar-refractivity contribution in [2.75, 3.05) is 11.5 Å². The maximum absolute atomic E-state index is 11.6. The molecule has 0 saturated carbocycles. The Morgan fingerprint density at radius 1 is 1.24 bits per heavy atom. The minimum atomic E-state index is -3.40. The zero-order chi connectivity index (χ0) is 12.7. The second kappa shape index (κ2) is 6.16. The van der Waals surface area contributed by atoms with Crippen LogP contribution in [0.15, 0.2) is 30.3 Å². The molecule has 0 saturated heterocycles. The summed E-state index contributed by atoms with van der Waals surface area (Å²) in [6.07, 6.45) is 0.472. The summed E-state index contributed by atoms with van der Waals surface area (Å²) in [6.45, 7) is 0. The highest BCUT2D eigenvalue weighted by molar-refractivity contribution is 7.92. The van der Waals surface area contributed by atoms with Crippen molar-refractivity contribution in [2.24, 2.45) is 0 Å². The van der Waals surface area contributed by atoms with Crippen LogP contribution in [0.4, 0.5) is 0 Å². The zero-order valence-corrected chi connectivity index (χ0v) is 10.1. The molecule has 0 fully saturated rings. The molecule has 0 atom stereocenters. The Hall–Kier alpha value is -1.67. The van der Waals surface area contributed by atoms with Gasteiger partial charge in [-0.3, -0.25) is 4.79 Å². The van der Waals surface area contributed by atoms with Crippen molar-refractivity contribution in [1.29, 1.82) is 5.26 Å². The Morgan fingerprint density at radius 2 is 1.88 bits per heavy atom. The largest absolute Gasteiger partial charge is 0.293 e. The lowest BCUT2D eigenvalue weighted by molar-refractivity contribution is 0.102. The zero-order valence-electron chi connectivity index (χ0n) is 9.30. The van der Waals surface area contributed by atoms with E-state index in [1.807, 2.05) is 6.07 Å². The van der Waals surface area contributed by atoms with Crippen molar-refractivity contribution < 1.29 is 13.2 Å². The topological polar surface area (TPSA) is 75.0 Å². The van der Waals surface area contributed by atoms with E-state index in [2.05, 4.69) is 0 Å². The second-order valence-corrected chi connectivity index (χ2v) is 5.83. The van der Waals surface area contributed by atoms with E-state index in [4.69, 9.17) is 5.26 Å². The molecule has 1 rings (SSSR count). The van der Waals surface area contributed by atoms with Crippen LogP contribution >= 0.6 is 0 Å². The van der Waals surface area contributed by atoms with Gasteiger partial charge in [0.2, 0.25) is 0 Å². The van der Waals surface area contributed by atoms with Crippen molar-refractivity contribution in [3.63, 3.8) is 0 Å². The number of rotatable bonds is 6. The first kappa shape index (κ1) is 13.4. The highest BCUT2D eigenvalue weighted by atomic mass is 32.2. The van der Waals surface area contributed by atoms with Crippen LogP contribution in [-0.4, -0.2) is 25.7 Å². The van der Waals surface area contributed by atoms with Crippen LogP contribution in [0.5, 0.6) is 0 Å². The maximum atomic E-state index is 11.6. The number of Topliss-reactive ketones (excluding diaryl/α,β-unsaturated/α-hetero) is 1. The van der Waals surface area contributed by atoms with E-state index in [0.29, 0.717) is 5.56 Å². The van der Waals surface area contributed by atoms with E-state index in [1.165, 1.54) is 0 Å². The first-order chi connectivity index (χ1) is 8.05. The van der Waals surface area contributed by atoms with Crippen molar-refractivity contribution in [3.8, 4) is 6.07 Å². The quantitative estimate of drug-likeness (QED) is 0.568. The molecule has 0 spiro atoms.